The van der Waals surface area contributed by atoms with Crippen molar-refractivity contribution in [1.29, 1.82) is 0 Å². The van der Waals surface area contributed by atoms with E-state index in [1.807, 2.05) is 0 Å². The molecule has 2 heterocycles. The van der Waals surface area contributed by atoms with E-state index in [0.717, 1.165) is 6.20 Å². The van der Waals surface area contributed by atoms with E-state index in [-0.39, 0.29) is 16.9 Å². The molecule has 17 heavy (non-hydrogen) atoms. The summed E-state index contributed by atoms with van der Waals surface area (Å²) in [6.45, 7) is 0. The van der Waals surface area contributed by atoms with Crippen LogP contribution in [-0.2, 0) is 0 Å². The molecule has 0 aliphatic carbocycles. The lowest BCUT2D eigenvalue weighted by Crippen LogP contribution is -2.15. The van der Waals surface area contributed by atoms with Crippen molar-refractivity contribution in [2.24, 2.45) is 0 Å². The van der Waals surface area contributed by atoms with Gasteiger partial charge in [0.05, 0.1) is 17.4 Å². The van der Waals surface area contributed by atoms with Crippen LogP contribution in [0, 0.1) is 5.82 Å². The maximum atomic E-state index is 13.2. The van der Waals surface area contributed by atoms with Gasteiger partial charge >= 0.3 is 0 Å². The number of nitrogens with two attached hydrogens (primary N) is 1. The molecule has 0 aliphatic rings. The number of aromatic nitrogens is 2. The molecule has 0 spiro atoms. The van der Waals surface area contributed by atoms with E-state index in [1.54, 1.807) is 0 Å². The maximum Gasteiger partial charge on any atom is 0.259 e. The zero-order valence-corrected chi connectivity index (χ0v) is 8.72. The molecule has 0 atom stereocenters. The molecule has 0 bridgehead atoms. The van der Waals surface area contributed by atoms with E-state index < -0.39 is 11.7 Å². The summed E-state index contributed by atoms with van der Waals surface area (Å²) < 4.78 is 13.2. The first kappa shape index (κ1) is 11.0. The molecular weight excluding hydrogens is 223 g/mol. The van der Waals surface area contributed by atoms with Gasteiger partial charge in [0.25, 0.3) is 5.91 Å². The first-order valence-corrected chi connectivity index (χ1v) is 4.79. The van der Waals surface area contributed by atoms with Crippen LogP contribution >= 0.6 is 0 Å². The number of nitrogen functional groups attached to an aromatic ring is 1. The summed E-state index contributed by atoms with van der Waals surface area (Å²) in [4.78, 5) is 19.1. The second kappa shape index (κ2) is 4.56. The van der Waals surface area contributed by atoms with Crippen LogP contribution in [0.15, 0.2) is 36.9 Å². The fraction of sp³-hybridized carbons (Fsp3) is 0. The molecule has 0 radical (unpaired) electrons. The number of nitrogens with one attached hydrogen (secondary N) is 1. The van der Waals surface area contributed by atoms with Crippen molar-refractivity contribution in [3.8, 4) is 0 Å². The van der Waals surface area contributed by atoms with E-state index in [4.69, 9.17) is 5.73 Å². The summed E-state index contributed by atoms with van der Waals surface area (Å²) in [6.07, 6.45) is 5.19. The number of rotatable bonds is 2. The number of hydrogen-bond donors (Lipinski definition) is 2. The molecule has 2 aromatic heterocycles. The molecule has 86 valence electrons. The molecule has 2 rings (SSSR count). The van der Waals surface area contributed by atoms with Crippen LogP contribution in [0.5, 0.6) is 0 Å². The Bertz CT molecular complexity index is 559. The summed E-state index contributed by atoms with van der Waals surface area (Å²) in [6, 6.07) is 2.86. The van der Waals surface area contributed by atoms with Crippen LogP contribution in [0.4, 0.5) is 15.8 Å². The Morgan fingerprint density at radius 1 is 1.24 bits per heavy atom. The molecule has 0 fully saturated rings. The van der Waals surface area contributed by atoms with Gasteiger partial charge in [0.1, 0.15) is 0 Å². The molecule has 3 N–H and O–H groups in total. The minimum absolute atomic E-state index is 0.0493. The standard InChI is InChI=1S/C11H9FN4O/c12-8-6-15-4-2-10(8)16-11(17)7-5-14-3-1-9(7)13/h1-6H,(H2,13,14)(H,15,16,17). The quantitative estimate of drug-likeness (QED) is 0.821. The summed E-state index contributed by atoms with van der Waals surface area (Å²) >= 11 is 0. The van der Waals surface area contributed by atoms with Crippen molar-refractivity contribution in [2.45, 2.75) is 0 Å². The predicted octanol–water partition coefficient (Wildman–Crippen LogP) is 1.45. The van der Waals surface area contributed by atoms with E-state index in [2.05, 4.69) is 15.3 Å². The first-order valence-electron chi connectivity index (χ1n) is 4.79. The molecular formula is C11H9FN4O. The minimum Gasteiger partial charge on any atom is -0.398 e. The fourth-order valence-corrected chi connectivity index (χ4v) is 1.26. The number of halogens is 1. The number of nitrogens with zero attached hydrogens (tertiary/aromatic N) is 2. The number of anilines is 2. The Hall–Kier alpha value is -2.50. The molecule has 1 amide bonds. The van der Waals surface area contributed by atoms with Gasteiger partial charge in [-0.05, 0) is 12.1 Å². The third kappa shape index (κ3) is 2.36. The molecule has 0 aromatic carbocycles. The number of carbonyl (C=O) groups excluding carboxylic acids is 1. The lowest BCUT2D eigenvalue weighted by molar-refractivity contribution is 0.102. The highest BCUT2D eigenvalue weighted by molar-refractivity contribution is 6.07. The Labute approximate surface area is 96.5 Å². The van der Waals surface area contributed by atoms with Gasteiger partial charge < -0.3 is 11.1 Å². The lowest BCUT2D eigenvalue weighted by Gasteiger charge is -2.07. The number of amides is 1. The molecule has 0 aliphatic heterocycles. The second-order valence-corrected chi connectivity index (χ2v) is 3.27. The predicted molar refractivity (Wildman–Crippen MR) is 60.8 cm³/mol. The van der Waals surface area contributed by atoms with Gasteiger partial charge in [-0.25, -0.2) is 4.39 Å². The topological polar surface area (TPSA) is 80.9 Å². The van der Waals surface area contributed by atoms with Crippen LogP contribution in [-0.4, -0.2) is 15.9 Å². The molecule has 0 saturated heterocycles. The van der Waals surface area contributed by atoms with Crippen LogP contribution in [0.1, 0.15) is 10.4 Å². The molecule has 5 nitrogen and oxygen atoms in total. The largest absolute Gasteiger partial charge is 0.398 e. The summed E-state index contributed by atoms with van der Waals surface area (Å²) in [7, 11) is 0. The van der Waals surface area contributed by atoms with E-state index in [0.29, 0.717) is 0 Å². The summed E-state index contributed by atoms with van der Waals surface area (Å²) in [5.41, 5.74) is 6.14. The summed E-state index contributed by atoms with van der Waals surface area (Å²) in [5, 5.41) is 2.39. The fourth-order valence-electron chi connectivity index (χ4n) is 1.26. The zero-order chi connectivity index (χ0) is 12.3. The van der Waals surface area contributed by atoms with E-state index in [1.165, 1.54) is 30.7 Å². The van der Waals surface area contributed by atoms with Crippen molar-refractivity contribution in [2.75, 3.05) is 11.1 Å². The average molecular weight is 232 g/mol. The van der Waals surface area contributed by atoms with E-state index in [9.17, 15) is 9.18 Å². The van der Waals surface area contributed by atoms with Crippen LogP contribution in [0.3, 0.4) is 0 Å². The molecule has 0 unspecified atom stereocenters. The zero-order valence-electron chi connectivity index (χ0n) is 8.72. The van der Waals surface area contributed by atoms with Crippen molar-refractivity contribution in [3.63, 3.8) is 0 Å². The SMILES string of the molecule is Nc1ccncc1C(=O)Nc1ccncc1F. The van der Waals surface area contributed by atoms with Gasteiger partial charge in [-0.1, -0.05) is 0 Å². The lowest BCUT2D eigenvalue weighted by atomic mass is 10.2. The third-order valence-electron chi connectivity index (χ3n) is 2.12. The normalized spacial score (nSPS) is 9.94. The van der Waals surface area contributed by atoms with Crippen molar-refractivity contribution in [1.82, 2.24) is 9.97 Å². The smallest absolute Gasteiger partial charge is 0.259 e. The average Bonchev–Trinajstić information content (AvgIpc) is 2.32. The third-order valence-corrected chi connectivity index (χ3v) is 2.12. The van der Waals surface area contributed by atoms with Crippen LogP contribution in [0.25, 0.3) is 0 Å². The van der Waals surface area contributed by atoms with E-state index >= 15 is 0 Å². The second-order valence-electron chi connectivity index (χ2n) is 3.27. The van der Waals surface area contributed by atoms with Crippen molar-refractivity contribution >= 4 is 17.3 Å². The van der Waals surface area contributed by atoms with Gasteiger partial charge in [-0.2, -0.15) is 0 Å². The van der Waals surface area contributed by atoms with Gasteiger partial charge in [0, 0.05) is 24.3 Å². The van der Waals surface area contributed by atoms with Gasteiger partial charge in [0.2, 0.25) is 0 Å². The first-order chi connectivity index (χ1) is 8.18. The number of pyridine rings is 2. The van der Waals surface area contributed by atoms with Crippen molar-refractivity contribution < 1.29 is 9.18 Å². The Morgan fingerprint density at radius 3 is 2.65 bits per heavy atom. The summed E-state index contributed by atoms with van der Waals surface area (Å²) in [5.74, 6) is -1.12. The minimum atomic E-state index is -0.608. The number of carbonyl (C=O) groups is 1. The van der Waals surface area contributed by atoms with Gasteiger partial charge in [0.15, 0.2) is 5.82 Å². The monoisotopic (exact) mass is 232 g/mol. The maximum absolute atomic E-state index is 13.2. The Balaban J connectivity index is 2.24. The van der Waals surface area contributed by atoms with Gasteiger partial charge in [-0.3, -0.25) is 14.8 Å². The molecule has 6 heteroatoms. The molecule has 0 saturated carbocycles. The highest BCUT2D eigenvalue weighted by atomic mass is 19.1. The Kier molecular flexibility index (Phi) is 2.95. The molecule has 2 aromatic rings. The van der Waals surface area contributed by atoms with Crippen LogP contribution < -0.4 is 11.1 Å². The number of hydrogen-bond acceptors (Lipinski definition) is 4. The van der Waals surface area contributed by atoms with Crippen molar-refractivity contribution in [3.05, 3.63) is 48.3 Å². The highest BCUT2D eigenvalue weighted by Gasteiger charge is 2.11. The van der Waals surface area contributed by atoms with Crippen LogP contribution in [0.2, 0.25) is 0 Å². The van der Waals surface area contributed by atoms with Gasteiger partial charge in [-0.15, -0.1) is 0 Å². The Morgan fingerprint density at radius 2 is 1.94 bits per heavy atom. The highest BCUT2D eigenvalue weighted by Crippen LogP contribution is 2.15.